The fourth-order valence-electron chi connectivity index (χ4n) is 7.51. The molecule has 0 aromatic heterocycles. The van der Waals surface area contributed by atoms with Gasteiger partial charge in [0.1, 0.15) is 5.60 Å². The predicted octanol–water partition coefficient (Wildman–Crippen LogP) is 3.69. The minimum absolute atomic E-state index is 0.0638. The summed E-state index contributed by atoms with van der Waals surface area (Å²) in [4.78, 5) is 26.1. The number of amides is 1. The standard InChI is InChI=1S/C27H41NO6/c1-17(2)6-7-19-24(3,34-19)21-20(31-4)18(8-9-27(21)16-33-27)28-22(29)25-10-13-26(14-11-25,15-12-25)23(30)32-5/h6,18-21H,7-16H2,1-5H3,(H,28,29)/t18-,19+,20-,21-,24-,25?,26?,27+/m1/s1. The lowest BCUT2D eigenvalue weighted by atomic mass is 9.53. The molecule has 6 fully saturated rings. The number of allylic oxidation sites excluding steroid dienone is 1. The Morgan fingerprint density at radius 3 is 2.18 bits per heavy atom. The van der Waals surface area contributed by atoms with Crippen molar-refractivity contribution in [2.45, 2.75) is 108 Å². The summed E-state index contributed by atoms with van der Waals surface area (Å²) < 4.78 is 23.5. The normalized spacial score (nSPS) is 46.6. The zero-order valence-electron chi connectivity index (χ0n) is 21.4. The highest BCUT2D eigenvalue weighted by Gasteiger charge is 2.72. The summed E-state index contributed by atoms with van der Waals surface area (Å²) in [5.41, 5.74) is 0.0457. The van der Waals surface area contributed by atoms with Crippen LogP contribution in [0.4, 0.5) is 0 Å². The van der Waals surface area contributed by atoms with Gasteiger partial charge in [0.05, 0.1) is 43.0 Å². The van der Waals surface area contributed by atoms with Crippen LogP contribution in [0.3, 0.4) is 0 Å². The van der Waals surface area contributed by atoms with E-state index in [2.05, 4.69) is 32.2 Å². The Morgan fingerprint density at radius 2 is 1.65 bits per heavy atom. The lowest BCUT2D eigenvalue weighted by Gasteiger charge is -2.51. The molecule has 4 saturated carbocycles. The van der Waals surface area contributed by atoms with Gasteiger partial charge >= 0.3 is 5.97 Å². The number of methoxy groups -OCH3 is 2. The van der Waals surface area contributed by atoms with Crippen molar-refractivity contribution in [1.29, 1.82) is 0 Å². The first-order valence-corrected chi connectivity index (χ1v) is 13.0. The zero-order chi connectivity index (χ0) is 24.4. The number of carbonyl (C=O) groups is 2. The molecule has 7 nitrogen and oxygen atoms in total. The Kier molecular flexibility index (Phi) is 5.93. The molecule has 1 amide bonds. The first-order valence-electron chi connectivity index (χ1n) is 13.0. The number of carbonyl (C=O) groups excluding carboxylic acids is 2. The fourth-order valence-corrected chi connectivity index (χ4v) is 7.51. The van der Waals surface area contributed by atoms with Crippen LogP contribution in [0.25, 0.3) is 0 Å². The van der Waals surface area contributed by atoms with Crippen LogP contribution in [0, 0.1) is 16.7 Å². The highest BCUT2D eigenvalue weighted by Crippen LogP contribution is 2.60. The van der Waals surface area contributed by atoms with Crippen molar-refractivity contribution in [2.24, 2.45) is 16.7 Å². The largest absolute Gasteiger partial charge is 0.469 e. The second-order valence-corrected chi connectivity index (χ2v) is 12.0. The number of nitrogens with one attached hydrogen (secondary N) is 1. The van der Waals surface area contributed by atoms with Crippen molar-refractivity contribution < 1.29 is 28.5 Å². The van der Waals surface area contributed by atoms with Gasteiger partial charge < -0.3 is 24.3 Å². The number of hydrogen-bond acceptors (Lipinski definition) is 6. The van der Waals surface area contributed by atoms with Gasteiger partial charge in [0.2, 0.25) is 5.91 Å². The van der Waals surface area contributed by atoms with Crippen LogP contribution in [0.1, 0.15) is 78.6 Å². The van der Waals surface area contributed by atoms with E-state index in [9.17, 15) is 9.59 Å². The van der Waals surface area contributed by atoms with Gasteiger partial charge in [-0.25, -0.2) is 0 Å². The highest BCUT2D eigenvalue weighted by molar-refractivity contribution is 5.85. The van der Waals surface area contributed by atoms with E-state index in [1.807, 2.05) is 0 Å². The van der Waals surface area contributed by atoms with E-state index in [1.165, 1.54) is 12.7 Å². The van der Waals surface area contributed by atoms with E-state index in [0.29, 0.717) is 0 Å². The van der Waals surface area contributed by atoms with Gasteiger partial charge in [-0.15, -0.1) is 0 Å². The summed E-state index contributed by atoms with van der Waals surface area (Å²) in [5.74, 6) is 0.111. The Balaban J connectivity index is 1.29. The van der Waals surface area contributed by atoms with E-state index < -0.39 is 0 Å². The zero-order valence-corrected chi connectivity index (χ0v) is 21.4. The van der Waals surface area contributed by atoms with E-state index in [0.717, 1.165) is 64.4 Å². The van der Waals surface area contributed by atoms with E-state index in [1.54, 1.807) is 7.11 Å². The quantitative estimate of drug-likeness (QED) is 0.343. The molecule has 0 aromatic rings. The summed E-state index contributed by atoms with van der Waals surface area (Å²) >= 11 is 0. The third-order valence-electron chi connectivity index (χ3n) is 9.96. The Labute approximate surface area is 203 Å². The molecular weight excluding hydrogens is 434 g/mol. The molecule has 0 unspecified atom stereocenters. The number of rotatable bonds is 7. The molecule has 1 spiro atoms. The van der Waals surface area contributed by atoms with Crippen LogP contribution < -0.4 is 5.32 Å². The Bertz CT molecular complexity index is 850. The SMILES string of the molecule is COC(=O)C12CCC(C(=O)N[C@@H]3CC[C@]4(CO4)[C@@H]([C@]4(C)O[C@H]4CC=C(C)C)[C@@H]3OC)(CC1)CC2. The van der Waals surface area contributed by atoms with Crippen LogP contribution in [0.2, 0.25) is 0 Å². The summed E-state index contributed by atoms with van der Waals surface area (Å²) in [7, 11) is 3.22. The Hall–Kier alpha value is -1.44. The topological polar surface area (TPSA) is 89.7 Å². The highest BCUT2D eigenvalue weighted by atomic mass is 16.6. The number of ether oxygens (including phenoxy) is 4. The average Bonchev–Trinajstić information content (AvgIpc) is 3.76. The maximum atomic E-state index is 13.7. The average molecular weight is 476 g/mol. The van der Waals surface area contributed by atoms with Crippen LogP contribution in [0.5, 0.6) is 0 Å². The van der Waals surface area contributed by atoms with Crippen LogP contribution in [-0.4, -0.2) is 62.2 Å². The van der Waals surface area contributed by atoms with E-state index >= 15 is 0 Å². The summed E-state index contributed by atoms with van der Waals surface area (Å²) in [6.45, 7) is 7.15. The molecule has 34 heavy (non-hydrogen) atoms. The number of epoxide rings is 2. The van der Waals surface area contributed by atoms with Crippen LogP contribution in [0.15, 0.2) is 11.6 Å². The minimum Gasteiger partial charge on any atom is -0.469 e. The second kappa shape index (κ2) is 8.31. The van der Waals surface area contributed by atoms with Gasteiger partial charge in [-0.2, -0.15) is 0 Å². The molecule has 6 atom stereocenters. The molecule has 0 aromatic carbocycles. The molecule has 6 rings (SSSR count). The molecule has 0 radical (unpaired) electrons. The van der Waals surface area contributed by atoms with Gasteiger partial charge in [-0.3, -0.25) is 9.59 Å². The third-order valence-corrected chi connectivity index (χ3v) is 9.96. The Morgan fingerprint density at radius 1 is 1.03 bits per heavy atom. The van der Waals surface area contributed by atoms with Gasteiger partial charge in [-0.1, -0.05) is 11.6 Å². The van der Waals surface area contributed by atoms with Gasteiger partial charge in [-0.05, 0) is 78.6 Å². The lowest BCUT2D eigenvalue weighted by molar-refractivity contribution is -0.167. The van der Waals surface area contributed by atoms with Gasteiger partial charge in [0, 0.05) is 18.4 Å². The molecule has 190 valence electrons. The molecule has 2 aliphatic heterocycles. The van der Waals surface area contributed by atoms with Crippen molar-refractivity contribution in [1.82, 2.24) is 5.32 Å². The van der Waals surface area contributed by atoms with Crippen molar-refractivity contribution >= 4 is 11.9 Å². The number of fused-ring (bicyclic) bond motifs is 3. The van der Waals surface area contributed by atoms with Crippen molar-refractivity contribution in [3.8, 4) is 0 Å². The maximum Gasteiger partial charge on any atom is 0.311 e. The monoisotopic (exact) mass is 475 g/mol. The molecular formula is C27H41NO6. The number of hydrogen-bond donors (Lipinski definition) is 1. The second-order valence-electron chi connectivity index (χ2n) is 12.0. The van der Waals surface area contributed by atoms with Gasteiger partial charge in [0.15, 0.2) is 0 Å². The lowest BCUT2D eigenvalue weighted by Crippen LogP contribution is -2.62. The first-order chi connectivity index (χ1) is 16.1. The van der Waals surface area contributed by atoms with Crippen molar-refractivity contribution in [3.63, 3.8) is 0 Å². The van der Waals surface area contributed by atoms with Crippen molar-refractivity contribution in [3.05, 3.63) is 11.6 Å². The summed E-state index contributed by atoms with van der Waals surface area (Å²) in [6.07, 6.45) is 9.36. The molecule has 2 bridgehead atoms. The number of esters is 1. The molecule has 2 saturated heterocycles. The minimum atomic E-state index is -0.379. The first kappa shape index (κ1) is 24.3. The maximum absolute atomic E-state index is 13.7. The molecule has 1 N–H and O–H groups in total. The van der Waals surface area contributed by atoms with Gasteiger partial charge in [0.25, 0.3) is 0 Å². The molecule has 2 heterocycles. The van der Waals surface area contributed by atoms with Crippen LogP contribution >= 0.6 is 0 Å². The fraction of sp³-hybridized carbons (Fsp3) is 0.852. The predicted molar refractivity (Wildman–Crippen MR) is 126 cm³/mol. The van der Waals surface area contributed by atoms with E-state index in [-0.39, 0.29) is 58.1 Å². The molecule has 7 heteroatoms. The summed E-state index contributed by atoms with van der Waals surface area (Å²) in [5, 5.41) is 3.42. The van der Waals surface area contributed by atoms with E-state index in [4.69, 9.17) is 18.9 Å². The summed E-state index contributed by atoms with van der Waals surface area (Å²) in [6, 6.07) is -0.0638. The molecule has 4 aliphatic carbocycles. The van der Waals surface area contributed by atoms with Crippen molar-refractivity contribution in [2.75, 3.05) is 20.8 Å². The third kappa shape index (κ3) is 3.73. The van der Waals surface area contributed by atoms with Crippen LogP contribution in [-0.2, 0) is 28.5 Å². The smallest absolute Gasteiger partial charge is 0.311 e. The molecule has 6 aliphatic rings.